The highest BCUT2D eigenvalue weighted by atomic mass is 16.4. The summed E-state index contributed by atoms with van der Waals surface area (Å²) in [5, 5.41) is 12.2. The van der Waals surface area contributed by atoms with Crippen molar-refractivity contribution >= 4 is 17.3 Å². The van der Waals surface area contributed by atoms with Gasteiger partial charge < -0.3 is 15.3 Å². The molecular weight excluding hydrogens is 308 g/mol. The summed E-state index contributed by atoms with van der Waals surface area (Å²) in [4.78, 5) is 36.9. The zero-order valence-electron chi connectivity index (χ0n) is 14.6. The van der Waals surface area contributed by atoms with Crippen molar-refractivity contribution in [1.82, 2.24) is 0 Å². The highest BCUT2D eigenvalue weighted by molar-refractivity contribution is 5.75. The Balaban J connectivity index is 1.96. The number of anilines is 2. The number of carboxylic acid groups (broad SMARTS) is 1. The fourth-order valence-electron chi connectivity index (χ4n) is 3.58. The van der Waals surface area contributed by atoms with Gasteiger partial charge >= 0.3 is 5.97 Å². The molecule has 0 amide bonds. The number of carbonyl (C=O) groups is 1. The fraction of sp³-hybridized carbons (Fsp3) is 0.722. The summed E-state index contributed by atoms with van der Waals surface area (Å²) in [6.07, 6.45) is 4.94. The maximum atomic E-state index is 12.0. The Labute approximate surface area is 142 Å². The molecule has 0 bridgehead atoms. The summed E-state index contributed by atoms with van der Waals surface area (Å²) >= 11 is 0. The summed E-state index contributed by atoms with van der Waals surface area (Å²) in [7, 11) is 0. The van der Waals surface area contributed by atoms with Crippen molar-refractivity contribution in [3.05, 3.63) is 20.4 Å². The molecule has 134 valence electrons. The van der Waals surface area contributed by atoms with Gasteiger partial charge in [0.2, 0.25) is 0 Å². The third kappa shape index (κ3) is 3.97. The van der Waals surface area contributed by atoms with Gasteiger partial charge in [0.05, 0.1) is 5.92 Å². The van der Waals surface area contributed by atoms with Crippen molar-refractivity contribution in [2.45, 2.75) is 52.4 Å². The van der Waals surface area contributed by atoms with Gasteiger partial charge in [0.1, 0.15) is 11.4 Å². The monoisotopic (exact) mass is 336 g/mol. The van der Waals surface area contributed by atoms with Crippen LogP contribution in [0.5, 0.6) is 0 Å². The lowest BCUT2D eigenvalue weighted by Crippen LogP contribution is -2.44. The quantitative estimate of drug-likeness (QED) is 0.672. The standard InChI is InChI=1S/C18H28N2O4/c1-3-9-20(10-4-2)15-14(16(21)17(15)22)19-11-12-5-7-13(8-6-12)18(23)24/h12-13,19H,3-11H2,1-2H3,(H,23,24). The van der Waals surface area contributed by atoms with Crippen LogP contribution < -0.4 is 21.1 Å². The van der Waals surface area contributed by atoms with Crippen LogP contribution in [0.25, 0.3) is 0 Å². The molecule has 6 nitrogen and oxygen atoms in total. The Bertz CT molecular complexity index is 619. The van der Waals surface area contributed by atoms with Crippen molar-refractivity contribution in [2.24, 2.45) is 11.8 Å². The van der Waals surface area contributed by atoms with Crippen molar-refractivity contribution in [3.63, 3.8) is 0 Å². The van der Waals surface area contributed by atoms with Crippen LogP contribution in [0.4, 0.5) is 11.4 Å². The number of rotatable bonds is 9. The lowest BCUT2D eigenvalue weighted by molar-refractivity contribution is -0.143. The molecule has 0 saturated heterocycles. The maximum absolute atomic E-state index is 12.0. The molecule has 0 atom stereocenters. The lowest BCUT2D eigenvalue weighted by atomic mass is 9.82. The first-order chi connectivity index (χ1) is 11.5. The van der Waals surface area contributed by atoms with Crippen LogP contribution in [-0.4, -0.2) is 30.7 Å². The van der Waals surface area contributed by atoms with Gasteiger partial charge in [-0.2, -0.15) is 0 Å². The zero-order valence-corrected chi connectivity index (χ0v) is 14.6. The van der Waals surface area contributed by atoms with Crippen LogP contribution >= 0.6 is 0 Å². The number of hydrogen-bond donors (Lipinski definition) is 2. The molecule has 0 spiro atoms. The summed E-state index contributed by atoms with van der Waals surface area (Å²) in [5.41, 5.74) is 0.209. The van der Waals surface area contributed by atoms with Crippen molar-refractivity contribution in [1.29, 1.82) is 0 Å². The molecular formula is C18H28N2O4. The number of nitrogens with zero attached hydrogens (tertiary/aromatic N) is 1. The van der Waals surface area contributed by atoms with E-state index in [4.69, 9.17) is 5.11 Å². The summed E-state index contributed by atoms with van der Waals surface area (Å²) in [5.74, 6) is -0.572. The van der Waals surface area contributed by atoms with Crippen LogP contribution in [0.1, 0.15) is 52.4 Å². The molecule has 1 aromatic carbocycles. The SMILES string of the molecule is CCCN(CCC)c1c(NCC2CCC(C(=O)O)CC2)c(=O)c1=O. The van der Waals surface area contributed by atoms with E-state index in [9.17, 15) is 14.4 Å². The Hall–Kier alpha value is -1.85. The smallest absolute Gasteiger partial charge is 0.306 e. The van der Waals surface area contributed by atoms with Crippen LogP contribution in [-0.2, 0) is 4.79 Å². The van der Waals surface area contributed by atoms with E-state index in [0.29, 0.717) is 36.7 Å². The van der Waals surface area contributed by atoms with Gasteiger partial charge in [-0.25, -0.2) is 0 Å². The normalized spacial score (nSPS) is 20.9. The Morgan fingerprint density at radius 2 is 1.67 bits per heavy atom. The van der Waals surface area contributed by atoms with Gasteiger partial charge in [-0.05, 0) is 44.4 Å². The van der Waals surface area contributed by atoms with E-state index in [-0.39, 0.29) is 11.3 Å². The highest BCUT2D eigenvalue weighted by Crippen LogP contribution is 2.30. The first kappa shape index (κ1) is 18.5. The summed E-state index contributed by atoms with van der Waals surface area (Å²) in [6, 6.07) is 0. The van der Waals surface area contributed by atoms with Gasteiger partial charge in [0, 0.05) is 19.6 Å². The average Bonchev–Trinajstić information content (AvgIpc) is 2.58. The van der Waals surface area contributed by atoms with Gasteiger partial charge in [-0.15, -0.1) is 0 Å². The lowest BCUT2D eigenvalue weighted by Gasteiger charge is -2.29. The number of nitrogens with one attached hydrogen (secondary N) is 1. The largest absolute Gasteiger partial charge is 0.481 e. The van der Waals surface area contributed by atoms with E-state index < -0.39 is 11.4 Å². The molecule has 0 aliphatic heterocycles. The first-order valence-corrected chi connectivity index (χ1v) is 9.04. The minimum absolute atomic E-state index is 0.229. The Kier molecular flexibility index (Phi) is 6.40. The van der Waals surface area contributed by atoms with Crippen LogP contribution in [0.15, 0.2) is 9.59 Å². The van der Waals surface area contributed by atoms with E-state index in [1.165, 1.54) is 0 Å². The molecule has 1 aromatic rings. The second kappa shape index (κ2) is 8.31. The van der Waals surface area contributed by atoms with Crippen molar-refractivity contribution in [2.75, 3.05) is 29.9 Å². The van der Waals surface area contributed by atoms with Gasteiger partial charge in [-0.1, -0.05) is 13.8 Å². The van der Waals surface area contributed by atoms with E-state index in [1.54, 1.807) is 0 Å². The van der Waals surface area contributed by atoms with Crippen LogP contribution in [0, 0.1) is 11.8 Å². The molecule has 2 N–H and O–H groups in total. The number of aliphatic carboxylic acids is 1. The van der Waals surface area contributed by atoms with Gasteiger partial charge in [0.25, 0.3) is 10.9 Å². The molecule has 0 heterocycles. The molecule has 2 rings (SSSR count). The zero-order chi connectivity index (χ0) is 17.7. The van der Waals surface area contributed by atoms with E-state index in [2.05, 4.69) is 19.2 Å². The Morgan fingerprint density at radius 1 is 1.08 bits per heavy atom. The van der Waals surface area contributed by atoms with E-state index in [1.807, 2.05) is 4.90 Å². The summed E-state index contributed by atoms with van der Waals surface area (Å²) < 4.78 is 0. The molecule has 6 heteroatoms. The third-order valence-electron chi connectivity index (χ3n) is 4.95. The molecule has 1 aliphatic carbocycles. The topological polar surface area (TPSA) is 86.7 Å². The molecule has 0 aromatic heterocycles. The third-order valence-corrected chi connectivity index (χ3v) is 4.95. The summed E-state index contributed by atoms with van der Waals surface area (Å²) in [6.45, 7) is 6.30. The predicted molar refractivity (Wildman–Crippen MR) is 95.7 cm³/mol. The molecule has 24 heavy (non-hydrogen) atoms. The minimum atomic E-state index is -0.707. The van der Waals surface area contributed by atoms with Gasteiger partial charge in [0.15, 0.2) is 0 Å². The average molecular weight is 336 g/mol. The maximum Gasteiger partial charge on any atom is 0.306 e. The van der Waals surface area contributed by atoms with Crippen molar-refractivity contribution in [3.8, 4) is 0 Å². The van der Waals surface area contributed by atoms with E-state index in [0.717, 1.165) is 38.8 Å². The molecule has 0 unspecified atom stereocenters. The van der Waals surface area contributed by atoms with Crippen molar-refractivity contribution < 1.29 is 9.90 Å². The molecule has 1 saturated carbocycles. The molecule has 0 radical (unpaired) electrons. The highest BCUT2D eigenvalue weighted by Gasteiger charge is 2.28. The second-order valence-electron chi connectivity index (χ2n) is 6.81. The van der Waals surface area contributed by atoms with Gasteiger partial charge in [-0.3, -0.25) is 14.4 Å². The molecule has 1 fully saturated rings. The van der Waals surface area contributed by atoms with Crippen LogP contribution in [0.3, 0.4) is 0 Å². The van der Waals surface area contributed by atoms with Crippen LogP contribution in [0.2, 0.25) is 0 Å². The second-order valence-corrected chi connectivity index (χ2v) is 6.81. The first-order valence-electron chi connectivity index (χ1n) is 9.04. The Morgan fingerprint density at radius 3 is 2.17 bits per heavy atom. The predicted octanol–water partition coefficient (Wildman–Crippen LogP) is 2.21. The number of hydrogen-bond acceptors (Lipinski definition) is 5. The fourth-order valence-corrected chi connectivity index (χ4v) is 3.58. The molecule has 1 aliphatic rings. The van der Waals surface area contributed by atoms with E-state index >= 15 is 0 Å². The minimum Gasteiger partial charge on any atom is -0.481 e. The number of carboxylic acids is 1.